The number of hydrogen-bond acceptors (Lipinski definition) is 6. The molecule has 0 aliphatic carbocycles. The molecule has 174 valence electrons. The average molecular weight is 479 g/mol. The summed E-state index contributed by atoms with van der Waals surface area (Å²) >= 11 is 1.19. The molecule has 0 spiro atoms. The van der Waals surface area contributed by atoms with Crippen LogP contribution in [-0.2, 0) is 4.79 Å². The van der Waals surface area contributed by atoms with Gasteiger partial charge >= 0.3 is 0 Å². The molecule has 4 aromatic rings. The first-order valence-electron chi connectivity index (χ1n) is 10.8. The quantitative estimate of drug-likeness (QED) is 0.422. The first-order chi connectivity index (χ1) is 16.3. The number of carbonyl (C=O) groups is 2. The lowest BCUT2D eigenvalue weighted by atomic mass is 9.94. The standard InChI is InChI=1S/C25H23FN4O3S/c1-14-23(34-25-27-17-10-6-7-11-18(17)30(14)25)21(31)19-20(15-8-4-5-9-16(15)26)29(13-12-28(2)3)24(33)22(19)32/h4-11,20,32H,12-13H2,1-3H3. The van der Waals surface area contributed by atoms with Crippen LogP contribution in [-0.4, -0.2) is 63.2 Å². The number of aliphatic hydroxyl groups excluding tert-OH is 1. The topological polar surface area (TPSA) is 78.2 Å². The zero-order valence-electron chi connectivity index (χ0n) is 18.9. The molecular weight excluding hydrogens is 455 g/mol. The highest BCUT2D eigenvalue weighted by Crippen LogP contribution is 2.41. The Bertz CT molecular complexity index is 1490. The van der Waals surface area contributed by atoms with Crippen LogP contribution >= 0.6 is 11.3 Å². The molecule has 5 rings (SSSR count). The van der Waals surface area contributed by atoms with Gasteiger partial charge in [-0.25, -0.2) is 9.37 Å². The van der Waals surface area contributed by atoms with Gasteiger partial charge in [-0.05, 0) is 39.2 Å². The predicted molar refractivity (Wildman–Crippen MR) is 129 cm³/mol. The Morgan fingerprint density at radius 3 is 2.62 bits per heavy atom. The molecule has 0 bridgehead atoms. The van der Waals surface area contributed by atoms with E-state index in [1.165, 1.54) is 22.3 Å². The summed E-state index contributed by atoms with van der Waals surface area (Å²) in [5.74, 6) is -2.35. The first-order valence-corrected chi connectivity index (χ1v) is 11.7. The fourth-order valence-electron chi connectivity index (χ4n) is 4.44. The van der Waals surface area contributed by atoms with Crippen LogP contribution in [0.15, 0.2) is 59.9 Å². The minimum Gasteiger partial charge on any atom is -0.503 e. The van der Waals surface area contributed by atoms with Gasteiger partial charge in [-0.1, -0.05) is 41.7 Å². The highest BCUT2D eigenvalue weighted by atomic mass is 32.1. The molecule has 0 fully saturated rings. The third-order valence-electron chi connectivity index (χ3n) is 6.13. The van der Waals surface area contributed by atoms with Gasteiger partial charge in [-0.15, -0.1) is 0 Å². The fraction of sp³-hybridized carbons (Fsp3) is 0.240. The van der Waals surface area contributed by atoms with Crippen LogP contribution < -0.4 is 0 Å². The smallest absolute Gasteiger partial charge is 0.290 e. The SMILES string of the molecule is Cc1c(C(=O)C2=C(O)C(=O)N(CCN(C)C)C2c2ccccc2F)sc2nc3ccccc3n12. The third kappa shape index (κ3) is 3.39. The number of ketones is 1. The molecule has 3 heterocycles. The normalized spacial score (nSPS) is 16.6. The van der Waals surface area contributed by atoms with Crippen molar-refractivity contribution < 1.29 is 19.1 Å². The van der Waals surface area contributed by atoms with Gasteiger partial charge in [0.2, 0.25) is 5.78 Å². The molecule has 1 atom stereocenters. The van der Waals surface area contributed by atoms with E-state index in [2.05, 4.69) is 4.98 Å². The Kier molecular flexibility index (Phi) is 5.45. The fourth-order valence-corrected chi connectivity index (χ4v) is 5.54. The molecule has 0 saturated carbocycles. The van der Waals surface area contributed by atoms with Gasteiger partial charge in [-0.3, -0.25) is 14.0 Å². The highest BCUT2D eigenvalue weighted by molar-refractivity contribution is 7.19. The minimum absolute atomic E-state index is 0.106. The van der Waals surface area contributed by atoms with Crippen molar-refractivity contribution in [3.05, 3.63) is 81.8 Å². The van der Waals surface area contributed by atoms with Gasteiger partial charge in [-0.2, -0.15) is 0 Å². The summed E-state index contributed by atoms with van der Waals surface area (Å²) in [4.78, 5) is 35.7. The first kappa shape index (κ1) is 22.2. The molecule has 0 saturated heterocycles. The van der Waals surface area contributed by atoms with Crippen molar-refractivity contribution in [2.24, 2.45) is 0 Å². The number of halogens is 1. The summed E-state index contributed by atoms with van der Waals surface area (Å²) in [6.07, 6.45) is 0. The Labute approximate surface area is 199 Å². The van der Waals surface area contributed by atoms with Crippen molar-refractivity contribution in [2.45, 2.75) is 13.0 Å². The number of aromatic nitrogens is 2. The second-order valence-electron chi connectivity index (χ2n) is 8.55. The van der Waals surface area contributed by atoms with E-state index in [0.717, 1.165) is 11.0 Å². The highest BCUT2D eigenvalue weighted by Gasteiger charge is 2.45. The van der Waals surface area contributed by atoms with Gasteiger partial charge < -0.3 is 14.9 Å². The lowest BCUT2D eigenvalue weighted by Gasteiger charge is -2.28. The van der Waals surface area contributed by atoms with Crippen molar-refractivity contribution in [1.29, 1.82) is 0 Å². The summed E-state index contributed by atoms with van der Waals surface area (Å²) in [5.41, 5.74) is 2.40. The number of nitrogens with zero attached hydrogens (tertiary/aromatic N) is 4. The van der Waals surface area contributed by atoms with Gasteiger partial charge in [0.15, 0.2) is 10.7 Å². The Morgan fingerprint density at radius 1 is 1.18 bits per heavy atom. The molecule has 9 heteroatoms. The summed E-state index contributed by atoms with van der Waals surface area (Å²) in [6.45, 7) is 2.52. The van der Waals surface area contributed by atoms with E-state index in [1.54, 1.807) is 25.1 Å². The molecule has 1 aliphatic heterocycles. The molecular formula is C25H23FN4O3S. The number of carbonyl (C=O) groups excluding carboxylic acids is 2. The minimum atomic E-state index is -1.02. The number of rotatable bonds is 6. The maximum atomic E-state index is 14.9. The largest absolute Gasteiger partial charge is 0.503 e. The summed E-state index contributed by atoms with van der Waals surface area (Å²) < 4.78 is 16.8. The van der Waals surface area contributed by atoms with Crippen LogP contribution in [0.25, 0.3) is 16.0 Å². The number of fused-ring (bicyclic) bond motifs is 3. The molecule has 1 N–H and O–H groups in total. The van der Waals surface area contributed by atoms with Crippen LogP contribution in [0.1, 0.15) is 27.0 Å². The zero-order valence-corrected chi connectivity index (χ0v) is 19.8. The lowest BCUT2D eigenvalue weighted by Crippen LogP contribution is -2.37. The van der Waals surface area contributed by atoms with E-state index in [9.17, 15) is 19.1 Å². The Morgan fingerprint density at radius 2 is 1.88 bits per heavy atom. The van der Waals surface area contributed by atoms with Crippen molar-refractivity contribution >= 4 is 39.0 Å². The number of imidazole rings is 1. The lowest BCUT2D eigenvalue weighted by molar-refractivity contribution is -0.129. The maximum Gasteiger partial charge on any atom is 0.290 e. The van der Waals surface area contributed by atoms with Gasteiger partial charge in [0.05, 0.1) is 27.5 Å². The maximum absolute atomic E-state index is 14.9. The number of Topliss-reactive ketones (excluding diaryl/α,β-unsaturated/α-hetero) is 1. The van der Waals surface area contributed by atoms with Gasteiger partial charge in [0.1, 0.15) is 5.82 Å². The number of aryl methyl sites for hydroxylation is 1. The summed E-state index contributed by atoms with van der Waals surface area (Å²) in [6, 6.07) is 12.6. The van der Waals surface area contributed by atoms with Gasteiger partial charge in [0.25, 0.3) is 5.91 Å². The molecule has 0 radical (unpaired) electrons. The van der Waals surface area contributed by atoms with Crippen LogP contribution in [0.2, 0.25) is 0 Å². The van der Waals surface area contributed by atoms with Crippen molar-refractivity contribution in [3.8, 4) is 0 Å². The van der Waals surface area contributed by atoms with E-state index < -0.39 is 29.3 Å². The van der Waals surface area contributed by atoms with Gasteiger partial charge in [0, 0.05) is 24.3 Å². The number of aliphatic hydroxyl groups is 1. The molecule has 1 aliphatic rings. The molecule has 34 heavy (non-hydrogen) atoms. The van der Waals surface area contributed by atoms with Crippen LogP contribution in [0.4, 0.5) is 4.39 Å². The summed E-state index contributed by atoms with van der Waals surface area (Å²) in [5, 5.41) is 10.8. The van der Waals surface area contributed by atoms with E-state index in [0.29, 0.717) is 22.1 Å². The molecule has 2 aromatic carbocycles. The van der Waals surface area contributed by atoms with E-state index in [1.807, 2.05) is 47.7 Å². The number of amides is 1. The molecule has 7 nitrogen and oxygen atoms in total. The van der Waals surface area contributed by atoms with Crippen molar-refractivity contribution in [2.75, 3.05) is 27.2 Å². The van der Waals surface area contributed by atoms with Crippen molar-refractivity contribution in [1.82, 2.24) is 19.2 Å². The van der Waals surface area contributed by atoms with E-state index >= 15 is 0 Å². The second kappa shape index (κ2) is 8.34. The molecule has 2 aromatic heterocycles. The van der Waals surface area contributed by atoms with Crippen LogP contribution in [0.3, 0.4) is 0 Å². The predicted octanol–water partition coefficient (Wildman–Crippen LogP) is 4.14. The number of benzene rings is 2. The van der Waals surface area contributed by atoms with Crippen LogP contribution in [0.5, 0.6) is 0 Å². The number of likely N-dealkylation sites (N-methyl/N-ethyl adjacent to an activating group) is 1. The average Bonchev–Trinajstić information content (AvgIpc) is 3.42. The van der Waals surface area contributed by atoms with Crippen LogP contribution in [0, 0.1) is 12.7 Å². The monoisotopic (exact) mass is 478 g/mol. The van der Waals surface area contributed by atoms with Crippen molar-refractivity contribution in [3.63, 3.8) is 0 Å². The second-order valence-corrected chi connectivity index (χ2v) is 9.53. The molecule has 1 amide bonds. The number of para-hydroxylation sites is 2. The number of hydrogen-bond donors (Lipinski definition) is 1. The third-order valence-corrected chi connectivity index (χ3v) is 7.27. The van der Waals surface area contributed by atoms with E-state index in [4.69, 9.17) is 0 Å². The molecule has 1 unspecified atom stereocenters. The van der Waals surface area contributed by atoms with E-state index in [-0.39, 0.29) is 17.7 Å². The Hall–Kier alpha value is -3.56. The number of thiazole rings is 1. The summed E-state index contributed by atoms with van der Waals surface area (Å²) in [7, 11) is 3.71. The Balaban J connectivity index is 1.64. The zero-order chi connectivity index (χ0) is 24.1.